The van der Waals surface area contributed by atoms with Gasteiger partial charge in [-0.05, 0) is 18.8 Å². The van der Waals surface area contributed by atoms with Gasteiger partial charge in [0, 0.05) is 11.8 Å². The van der Waals surface area contributed by atoms with Crippen molar-refractivity contribution in [3.8, 4) is 0 Å². The highest BCUT2D eigenvalue weighted by Crippen LogP contribution is 2.31. The highest BCUT2D eigenvalue weighted by atomic mass is 16.5. The van der Waals surface area contributed by atoms with Crippen LogP contribution in [0, 0.1) is 5.92 Å². The Balaban J connectivity index is 2.26. The highest BCUT2D eigenvalue weighted by Gasteiger charge is 2.30. The number of carbonyl (C=O) groups excluding carboxylic acids is 1. The molecule has 0 atom stereocenters. The van der Waals surface area contributed by atoms with Crippen LogP contribution in [-0.4, -0.2) is 18.1 Å². The van der Waals surface area contributed by atoms with Gasteiger partial charge in [0.2, 0.25) is 5.76 Å². The van der Waals surface area contributed by atoms with Gasteiger partial charge >= 0.3 is 5.97 Å². The van der Waals surface area contributed by atoms with E-state index in [-0.39, 0.29) is 11.2 Å². The lowest BCUT2D eigenvalue weighted by Crippen LogP contribution is -2.17. The summed E-state index contributed by atoms with van der Waals surface area (Å²) in [6, 6.07) is 0. The molecule has 106 valence electrons. The molecule has 4 heteroatoms. The molecule has 4 nitrogen and oxygen atoms in total. The fourth-order valence-electron chi connectivity index (χ4n) is 2.65. The first kappa shape index (κ1) is 14.1. The summed E-state index contributed by atoms with van der Waals surface area (Å²) in [6.45, 7) is 6.07. The summed E-state index contributed by atoms with van der Waals surface area (Å²) in [4.78, 5) is 16.3. The molecular weight excluding hydrogens is 242 g/mol. The van der Waals surface area contributed by atoms with Crippen molar-refractivity contribution in [2.75, 3.05) is 7.11 Å². The van der Waals surface area contributed by atoms with Gasteiger partial charge in [-0.2, -0.15) is 0 Å². The zero-order valence-corrected chi connectivity index (χ0v) is 12.3. The predicted octanol–water partition coefficient (Wildman–Crippen LogP) is 3.49. The maximum Gasteiger partial charge on any atom is 0.376 e. The molecule has 0 spiro atoms. The first-order valence-electron chi connectivity index (χ1n) is 7.00. The molecule has 0 radical (unpaired) electrons. The molecule has 0 saturated heterocycles. The molecule has 19 heavy (non-hydrogen) atoms. The Morgan fingerprint density at radius 1 is 1.37 bits per heavy atom. The fraction of sp³-hybridized carbons (Fsp3) is 0.733. The molecule has 1 saturated carbocycles. The molecule has 1 aromatic rings. The minimum atomic E-state index is -0.435. The summed E-state index contributed by atoms with van der Waals surface area (Å²) in [5, 5.41) is 0. The number of hydrogen-bond donors (Lipinski definition) is 0. The summed E-state index contributed by atoms with van der Waals surface area (Å²) >= 11 is 0. The van der Waals surface area contributed by atoms with E-state index in [0.29, 0.717) is 17.5 Å². The number of oxazole rings is 1. The van der Waals surface area contributed by atoms with Crippen LogP contribution in [-0.2, 0) is 16.6 Å². The first-order valence-corrected chi connectivity index (χ1v) is 7.00. The van der Waals surface area contributed by atoms with Gasteiger partial charge < -0.3 is 9.15 Å². The first-order chi connectivity index (χ1) is 8.91. The summed E-state index contributed by atoms with van der Waals surface area (Å²) < 4.78 is 10.5. The van der Waals surface area contributed by atoms with Crippen molar-refractivity contribution in [3.63, 3.8) is 0 Å². The van der Waals surface area contributed by atoms with Crippen LogP contribution >= 0.6 is 0 Å². The maximum atomic E-state index is 11.8. The quantitative estimate of drug-likeness (QED) is 0.785. The van der Waals surface area contributed by atoms with Crippen molar-refractivity contribution < 1.29 is 13.9 Å². The van der Waals surface area contributed by atoms with Gasteiger partial charge in [-0.15, -0.1) is 0 Å². The molecule has 1 aromatic heterocycles. The summed E-state index contributed by atoms with van der Waals surface area (Å²) in [7, 11) is 1.37. The van der Waals surface area contributed by atoms with Gasteiger partial charge in [-0.3, -0.25) is 0 Å². The lowest BCUT2D eigenvalue weighted by atomic mass is 9.91. The van der Waals surface area contributed by atoms with Gasteiger partial charge in [0.1, 0.15) is 0 Å². The van der Waals surface area contributed by atoms with Gasteiger partial charge in [0.15, 0.2) is 5.89 Å². The minimum absolute atomic E-state index is 0.221. The minimum Gasteiger partial charge on any atom is -0.463 e. The molecule has 1 aliphatic carbocycles. The Labute approximate surface area is 114 Å². The normalized spacial score (nSPS) is 16.8. The van der Waals surface area contributed by atoms with Crippen molar-refractivity contribution in [2.45, 2.75) is 58.3 Å². The Bertz CT molecular complexity index is 450. The van der Waals surface area contributed by atoms with E-state index < -0.39 is 5.97 Å². The molecule has 0 bridgehead atoms. The van der Waals surface area contributed by atoms with E-state index in [4.69, 9.17) is 9.15 Å². The lowest BCUT2D eigenvalue weighted by molar-refractivity contribution is 0.0559. The third-order valence-corrected chi connectivity index (χ3v) is 3.69. The summed E-state index contributed by atoms with van der Waals surface area (Å²) in [5.41, 5.74) is 0.480. The Kier molecular flexibility index (Phi) is 3.97. The molecule has 1 heterocycles. The van der Waals surface area contributed by atoms with E-state index in [1.807, 2.05) is 20.8 Å². The number of rotatable bonds is 3. The average molecular weight is 265 g/mol. The smallest absolute Gasteiger partial charge is 0.376 e. The molecule has 0 unspecified atom stereocenters. The Hall–Kier alpha value is -1.32. The number of aromatic nitrogens is 1. The number of nitrogens with zero attached hydrogens (tertiary/aromatic N) is 1. The van der Waals surface area contributed by atoms with E-state index in [2.05, 4.69) is 4.98 Å². The molecular formula is C15H23NO3. The average Bonchev–Trinajstić information content (AvgIpc) is 2.97. The van der Waals surface area contributed by atoms with E-state index in [0.717, 1.165) is 6.42 Å². The zero-order valence-electron chi connectivity index (χ0n) is 12.3. The highest BCUT2D eigenvalue weighted by molar-refractivity contribution is 5.87. The monoisotopic (exact) mass is 265 g/mol. The SMILES string of the molecule is COC(=O)c1oc(CC2CCCC2)nc1C(C)(C)C. The largest absolute Gasteiger partial charge is 0.463 e. The fourth-order valence-corrected chi connectivity index (χ4v) is 2.65. The molecule has 1 aliphatic rings. The molecule has 0 N–H and O–H groups in total. The van der Waals surface area contributed by atoms with Gasteiger partial charge in [0.05, 0.1) is 12.8 Å². The molecule has 0 aliphatic heterocycles. The number of carbonyl (C=O) groups is 1. The third-order valence-electron chi connectivity index (χ3n) is 3.69. The van der Waals surface area contributed by atoms with Crippen LogP contribution in [0.15, 0.2) is 4.42 Å². The number of ether oxygens (including phenoxy) is 1. The van der Waals surface area contributed by atoms with E-state index >= 15 is 0 Å². The number of hydrogen-bond acceptors (Lipinski definition) is 4. The van der Waals surface area contributed by atoms with Crippen molar-refractivity contribution >= 4 is 5.97 Å². The van der Waals surface area contributed by atoms with Gasteiger partial charge in [-0.25, -0.2) is 9.78 Å². The lowest BCUT2D eigenvalue weighted by Gasteiger charge is -2.15. The summed E-state index contributed by atoms with van der Waals surface area (Å²) in [5.74, 6) is 1.16. The Morgan fingerprint density at radius 2 is 2.00 bits per heavy atom. The predicted molar refractivity (Wildman–Crippen MR) is 72.2 cm³/mol. The molecule has 1 fully saturated rings. The van der Waals surface area contributed by atoms with Crippen LogP contribution in [0.3, 0.4) is 0 Å². The standard InChI is InChI=1S/C15H23NO3/c1-15(2,3)13-12(14(17)18-4)19-11(16-13)9-10-7-5-6-8-10/h10H,5-9H2,1-4H3. The molecule has 0 aromatic carbocycles. The zero-order chi connectivity index (χ0) is 14.0. The van der Waals surface area contributed by atoms with Crippen LogP contribution in [0.5, 0.6) is 0 Å². The topological polar surface area (TPSA) is 52.3 Å². The second-order valence-corrected chi connectivity index (χ2v) is 6.38. The van der Waals surface area contributed by atoms with Crippen molar-refractivity contribution in [1.82, 2.24) is 4.98 Å². The number of esters is 1. The third kappa shape index (κ3) is 3.17. The second-order valence-electron chi connectivity index (χ2n) is 6.38. The molecule has 2 rings (SSSR count). The Morgan fingerprint density at radius 3 is 2.53 bits per heavy atom. The van der Waals surface area contributed by atoms with E-state index in [1.165, 1.54) is 32.8 Å². The van der Waals surface area contributed by atoms with Gasteiger partial charge in [0.25, 0.3) is 0 Å². The van der Waals surface area contributed by atoms with Crippen LogP contribution in [0.4, 0.5) is 0 Å². The van der Waals surface area contributed by atoms with E-state index in [1.54, 1.807) is 0 Å². The van der Waals surface area contributed by atoms with Crippen LogP contribution in [0.2, 0.25) is 0 Å². The number of methoxy groups -OCH3 is 1. The van der Waals surface area contributed by atoms with Crippen LogP contribution < -0.4 is 0 Å². The van der Waals surface area contributed by atoms with Crippen molar-refractivity contribution in [2.24, 2.45) is 5.92 Å². The second kappa shape index (κ2) is 5.35. The van der Waals surface area contributed by atoms with Crippen LogP contribution in [0.1, 0.15) is 68.6 Å². The van der Waals surface area contributed by atoms with Gasteiger partial charge in [-0.1, -0.05) is 33.6 Å². The van der Waals surface area contributed by atoms with Crippen molar-refractivity contribution in [1.29, 1.82) is 0 Å². The van der Waals surface area contributed by atoms with Crippen LogP contribution in [0.25, 0.3) is 0 Å². The van der Waals surface area contributed by atoms with E-state index in [9.17, 15) is 4.79 Å². The summed E-state index contributed by atoms with van der Waals surface area (Å²) in [6.07, 6.45) is 5.89. The van der Waals surface area contributed by atoms with Crippen molar-refractivity contribution in [3.05, 3.63) is 17.3 Å². The maximum absolute atomic E-state index is 11.8. The molecule has 0 amide bonds.